The molecule has 0 aromatic carbocycles. The van der Waals surface area contributed by atoms with Crippen LogP contribution in [-0.2, 0) is 17.8 Å². The topological polar surface area (TPSA) is 72.3 Å². The zero-order chi connectivity index (χ0) is 22.3. The first kappa shape index (κ1) is 21.0. The molecule has 0 aliphatic carbocycles. The lowest BCUT2D eigenvalue weighted by atomic mass is 9.85. The van der Waals surface area contributed by atoms with E-state index in [1.165, 1.54) is 0 Å². The molecule has 0 radical (unpaired) electrons. The molecule has 2 aliphatic heterocycles. The Bertz CT molecular complexity index is 1140. The summed E-state index contributed by atoms with van der Waals surface area (Å²) in [5.41, 5.74) is 3.21. The van der Waals surface area contributed by atoms with Crippen LogP contribution in [0.1, 0.15) is 30.0 Å². The SMILES string of the molecule is CC(C)Nc1cc(-c2cc3n(c2)CC2(COC2)CN(Cc2ccccn2)C3=O)c(Cl)cn1. The number of aromatic nitrogens is 3. The summed E-state index contributed by atoms with van der Waals surface area (Å²) >= 11 is 6.51. The van der Waals surface area contributed by atoms with Gasteiger partial charge in [0, 0.05) is 48.8 Å². The van der Waals surface area contributed by atoms with Gasteiger partial charge in [0.1, 0.15) is 11.5 Å². The Morgan fingerprint density at radius 3 is 2.75 bits per heavy atom. The van der Waals surface area contributed by atoms with Crippen molar-refractivity contribution in [1.29, 1.82) is 0 Å². The number of fused-ring (bicyclic) bond motifs is 1. The average Bonchev–Trinajstić information content (AvgIpc) is 3.11. The molecule has 5 heterocycles. The van der Waals surface area contributed by atoms with Gasteiger partial charge in [0.25, 0.3) is 5.91 Å². The van der Waals surface area contributed by atoms with Crippen LogP contribution >= 0.6 is 11.6 Å². The molecule has 0 unspecified atom stereocenters. The largest absolute Gasteiger partial charge is 0.380 e. The van der Waals surface area contributed by atoms with Gasteiger partial charge in [0.15, 0.2) is 0 Å². The van der Waals surface area contributed by atoms with E-state index in [0.29, 0.717) is 37.0 Å². The Hall–Kier alpha value is -2.90. The maximum atomic E-state index is 13.6. The van der Waals surface area contributed by atoms with E-state index >= 15 is 0 Å². The molecule has 5 rings (SSSR count). The van der Waals surface area contributed by atoms with Gasteiger partial charge in [0.05, 0.1) is 35.9 Å². The predicted molar refractivity (Wildman–Crippen MR) is 124 cm³/mol. The Labute approximate surface area is 192 Å². The van der Waals surface area contributed by atoms with Gasteiger partial charge in [-0.3, -0.25) is 9.78 Å². The predicted octanol–water partition coefficient (Wildman–Crippen LogP) is 4.09. The normalized spacial score (nSPS) is 17.2. The van der Waals surface area contributed by atoms with Gasteiger partial charge in [-0.15, -0.1) is 0 Å². The van der Waals surface area contributed by atoms with Crippen molar-refractivity contribution in [2.75, 3.05) is 25.1 Å². The van der Waals surface area contributed by atoms with Crippen LogP contribution < -0.4 is 5.32 Å². The lowest BCUT2D eigenvalue weighted by Crippen LogP contribution is -2.52. The number of hydrogen-bond acceptors (Lipinski definition) is 5. The molecule has 0 saturated carbocycles. The fourth-order valence-electron chi connectivity index (χ4n) is 4.44. The number of ether oxygens (including phenoxy) is 1. The fourth-order valence-corrected chi connectivity index (χ4v) is 4.65. The van der Waals surface area contributed by atoms with Crippen LogP contribution in [0, 0.1) is 5.41 Å². The van der Waals surface area contributed by atoms with E-state index in [1.807, 2.05) is 41.4 Å². The van der Waals surface area contributed by atoms with Crippen LogP contribution in [-0.4, -0.2) is 51.1 Å². The smallest absolute Gasteiger partial charge is 0.270 e. The highest BCUT2D eigenvalue weighted by Gasteiger charge is 2.45. The van der Waals surface area contributed by atoms with Gasteiger partial charge < -0.3 is 19.5 Å². The van der Waals surface area contributed by atoms with Gasteiger partial charge >= 0.3 is 0 Å². The van der Waals surface area contributed by atoms with Gasteiger partial charge in [-0.2, -0.15) is 0 Å². The zero-order valence-corrected chi connectivity index (χ0v) is 19.0. The molecule has 1 saturated heterocycles. The van der Waals surface area contributed by atoms with E-state index in [0.717, 1.165) is 29.2 Å². The van der Waals surface area contributed by atoms with Crippen LogP contribution in [0.15, 0.2) is 48.9 Å². The maximum absolute atomic E-state index is 13.6. The maximum Gasteiger partial charge on any atom is 0.270 e. The summed E-state index contributed by atoms with van der Waals surface area (Å²) in [5.74, 6) is 0.754. The quantitative estimate of drug-likeness (QED) is 0.632. The molecule has 1 amide bonds. The molecule has 166 valence electrons. The zero-order valence-electron chi connectivity index (χ0n) is 18.2. The standard InChI is InChI=1S/C24H26ClN5O2/c1-16(2)28-22-8-19(20(25)9-27-22)17-7-21-23(31)30(11-18-5-3-4-6-26-18)13-24(14-32-15-24)12-29(21)10-17/h3-10,16H,11-15H2,1-2H3,(H,27,28). The molecule has 1 fully saturated rings. The van der Waals surface area contributed by atoms with Gasteiger partial charge in [0.2, 0.25) is 0 Å². The van der Waals surface area contributed by atoms with Crippen LogP contribution in [0.25, 0.3) is 11.1 Å². The molecule has 7 nitrogen and oxygen atoms in total. The number of nitrogens with one attached hydrogen (secondary N) is 1. The van der Waals surface area contributed by atoms with Gasteiger partial charge in [-0.05, 0) is 38.1 Å². The Balaban J connectivity index is 1.52. The molecule has 1 N–H and O–H groups in total. The third-order valence-electron chi connectivity index (χ3n) is 5.93. The highest BCUT2D eigenvalue weighted by molar-refractivity contribution is 6.33. The molecular formula is C24H26ClN5O2. The van der Waals surface area contributed by atoms with E-state index in [4.69, 9.17) is 16.3 Å². The molecule has 8 heteroatoms. The fraction of sp³-hybridized carbons (Fsp3) is 0.375. The third-order valence-corrected chi connectivity index (χ3v) is 6.23. The van der Waals surface area contributed by atoms with Crippen molar-refractivity contribution >= 4 is 23.3 Å². The van der Waals surface area contributed by atoms with Crippen molar-refractivity contribution in [2.24, 2.45) is 5.41 Å². The second-order valence-corrected chi connectivity index (χ2v) is 9.47. The van der Waals surface area contributed by atoms with Crippen molar-refractivity contribution < 1.29 is 9.53 Å². The van der Waals surface area contributed by atoms with Crippen LogP contribution in [0.3, 0.4) is 0 Å². The number of hydrogen-bond donors (Lipinski definition) is 1. The summed E-state index contributed by atoms with van der Waals surface area (Å²) < 4.78 is 7.64. The van der Waals surface area contributed by atoms with E-state index in [2.05, 4.69) is 33.7 Å². The second-order valence-electron chi connectivity index (χ2n) is 9.07. The molecule has 3 aromatic rings. The van der Waals surface area contributed by atoms with Crippen molar-refractivity contribution in [3.8, 4) is 11.1 Å². The lowest BCUT2D eigenvalue weighted by molar-refractivity contribution is -0.129. The van der Waals surface area contributed by atoms with Crippen molar-refractivity contribution in [3.63, 3.8) is 0 Å². The molecule has 2 aliphatic rings. The average molecular weight is 452 g/mol. The minimum atomic E-state index is -0.0849. The van der Waals surface area contributed by atoms with E-state index in [9.17, 15) is 4.79 Å². The summed E-state index contributed by atoms with van der Waals surface area (Å²) in [6.07, 6.45) is 5.44. The lowest BCUT2D eigenvalue weighted by Gasteiger charge is -2.42. The minimum Gasteiger partial charge on any atom is -0.380 e. The summed E-state index contributed by atoms with van der Waals surface area (Å²) in [4.78, 5) is 24.3. The number of nitrogens with zero attached hydrogens (tertiary/aromatic N) is 4. The van der Waals surface area contributed by atoms with Crippen LogP contribution in [0.5, 0.6) is 0 Å². The number of pyridine rings is 2. The molecule has 1 spiro atoms. The minimum absolute atomic E-state index is 0.00335. The number of halogens is 1. The number of anilines is 1. The summed E-state index contributed by atoms with van der Waals surface area (Å²) in [7, 11) is 0. The van der Waals surface area contributed by atoms with Crippen molar-refractivity contribution in [1.82, 2.24) is 19.4 Å². The second kappa shape index (κ2) is 8.22. The number of carbonyl (C=O) groups excluding carboxylic acids is 1. The Kier molecular flexibility index (Phi) is 5.39. The Morgan fingerprint density at radius 2 is 2.06 bits per heavy atom. The monoisotopic (exact) mass is 451 g/mol. The summed E-state index contributed by atoms with van der Waals surface area (Å²) in [6, 6.07) is 9.91. The number of carbonyl (C=O) groups is 1. The van der Waals surface area contributed by atoms with E-state index in [-0.39, 0.29) is 17.4 Å². The van der Waals surface area contributed by atoms with Crippen molar-refractivity contribution in [3.05, 3.63) is 65.3 Å². The molecular weight excluding hydrogens is 426 g/mol. The van der Waals surface area contributed by atoms with Crippen molar-refractivity contribution in [2.45, 2.75) is 33.0 Å². The highest BCUT2D eigenvalue weighted by atomic mass is 35.5. The first-order valence-corrected chi connectivity index (χ1v) is 11.2. The van der Waals surface area contributed by atoms with E-state index < -0.39 is 0 Å². The van der Waals surface area contributed by atoms with Gasteiger partial charge in [-0.25, -0.2) is 4.98 Å². The summed E-state index contributed by atoms with van der Waals surface area (Å²) in [6.45, 7) is 7.26. The number of rotatable bonds is 5. The molecule has 0 atom stereocenters. The summed E-state index contributed by atoms with van der Waals surface area (Å²) in [5, 5.41) is 3.87. The number of amides is 1. The third kappa shape index (κ3) is 3.98. The van der Waals surface area contributed by atoms with Crippen LogP contribution in [0.2, 0.25) is 5.02 Å². The highest BCUT2D eigenvalue weighted by Crippen LogP contribution is 2.38. The van der Waals surface area contributed by atoms with Gasteiger partial charge in [-0.1, -0.05) is 17.7 Å². The Morgan fingerprint density at radius 1 is 1.22 bits per heavy atom. The first-order chi connectivity index (χ1) is 15.4. The van der Waals surface area contributed by atoms with E-state index in [1.54, 1.807) is 12.4 Å². The first-order valence-electron chi connectivity index (χ1n) is 10.8. The molecule has 3 aromatic heterocycles. The molecule has 32 heavy (non-hydrogen) atoms. The van der Waals surface area contributed by atoms with Crippen LogP contribution in [0.4, 0.5) is 5.82 Å². The molecule has 0 bridgehead atoms.